The smallest absolute Gasteiger partial charge is 0.176 e. The average molecular weight is 394 g/mol. The standard InChI is InChI=1S/C22H26N4O3/c1-28-17-5-3-16(4-6-17)21(27)14-25-9-11-26(12-10-25)15-22-23-19-8-7-18(29-2)13-20(19)24-22/h3-8,13H,9-12,14-15H2,1-2H3,(H,23,24). The lowest BCUT2D eigenvalue weighted by molar-refractivity contribution is 0.0840. The number of aromatic nitrogens is 2. The van der Waals surface area contributed by atoms with Crippen LogP contribution in [0, 0.1) is 0 Å². The third kappa shape index (κ3) is 4.58. The number of hydrogen-bond donors (Lipinski definition) is 1. The number of imidazole rings is 1. The molecule has 0 unspecified atom stereocenters. The van der Waals surface area contributed by atoms with E-state index in [0.29, 0.717) is 6.54 Å². The Balaban J connectivity index is 1.29. The highest BCUT2D eigenvalue weighted by Crippen LogP contribution is 2.19. The van der Waals surface area contributed by atoms with Crippen LogP contribution in [0.5, 0.6) is 11.5 Å². The minimum Gasteiger partial charge on any atom is -0.497 e. The molecule has 0 radical (unpaired) electrons. The number of ether oxygens (including phenoxy) is 2. The number of fused-ring (bicyclic) bond motifs is 1. The number of H-pyrrole nitrogens is 1. The highest BCUT2D eigenvalue weighted by atomic mass is 16.5. The lowest BCUT2D eigenvalue weighted by atomic mass is 10.1. The van der Waals surface area contributed by atoms with Crippen LogP contribution in [-0.2, 0) is 6.54 Å². The Morgan fingerprint density at radius 1 is 0.966 bits per heavy atom. The zero-order valence-corrected chi connectivity index (χ0v) is 16.9. The van der Waals surface area contributed by atoms with E-state index in [1.165, 1.54) is 0 Å². The first-order chi connectivity index (χ1) is 14.1. The predicted octanol–water partition coefficient (Wildman–Crippen LogP) is 2.58. The van der Waals surface area contributed by atoms with E-state index in [1.54, 1.807) is 14.2 Å². The largest absolute Gasteiger partial charge is 0.497 e. The molecule has 1 aliphatic rings. The first-order valence-corrected chi connectivity index (χ1v) is 9.79. The van der Waals surface area contributed by atoms with Crippen LogP contribution in [0.1, 0.15) is 16.2 Å². The highest BCUT2D eigenvalue weighted by molar-refractivity contribution is 5.97. The number of benzene rings is 2. The number of Topliss-reactive ketones (excluding diaryl/α,β-unsaturated/α-hetero) is 1. The fourth-order valence-corrected chi connectivity index (χ4v) is 3.63. The van der Waals surface area contributed by atoms with Gasteiger partial charge in [-0.15, -0.1) is 0 Å². The van der Waals surface area contributed by atoms with Crippen molar-refractivity contribution in [2.75, 3.05) is 46.9 Å². The number of hydrogen-bond acceptors (Lipinski definition) is 6. The maximum absolute atomic E-state index is 12.5. The lowest BCUT2D eigenvalue weighted by Crippen LogP contribution is -2.47. The molecular formula is C22H26N4O3. The van der Waals surface area contributed by atoms with Crippen molar-refractivity contribution in [2.45, 2.75) is 6.54 Å². The summed E-state index contributed by atoms with van der Waals surface area (Å²) in [6.07, 6.45) is 0. The van der Waals surface area contributed by atoms with Crippen molar-refractivity contribution in [2.24, 2.45) is 0 Å². The van der Waals surface area contributed by atoms with Gasteiger partial charge in [0.25, 0.3) is 0 Å². The molecule has 3 aromatic rings. The normalized spacial score (nSPS) is 15.5. The molecule has 1 aromatic heterocycles. The van der Waals surface area contributed by atoms with Crippen molar-refractivity contribution in [3.63, 3.8) is 0 Å². The van der Waals surface area contributed by atoms with Crippen LogP contribution >= 0.6 is 0 Å². The van der Waals surface area contributed by atoms with Crippen LogP contribution in [0.25, 0.3) is 11.0 Å². The molecule has 2 heterocycles. The van der Waals surface area contributed by atoms with E-state index >= 15 is 0 Å². The van der Waals surface area contributed by atoms with E-state index in [2.05, 4.69) is 19.8 Å². The van der Waals surface area contributed by atoms with E-state index in [1.807, 2.05) is 42.5 Å². The summed E-state index contributed by atoms with van der Waals surface area (Å²) in [5, 5.41) is 0. The van der Waals surface area contributed by atoms with Crippen molar-refractivity contribution in [1.29, 1.82) is 0 Å². The number of carbonyl (C=O) groups excluding carboxylic acids is 1. The molecule has 1 aliphatic heterocycles. The topological polar surface area (TPSA) is 70.7 Å². The fourth-order valence-electron chi connectivity index (χ4n) is 3.63. The van der Waals surface area contributed by atoms with Gasteiger partial charge in [0.05, 0.1) is 38.3 Å². The summed E-state index contributed by atoms with van der Waals surface area (Å²) >= 11 is 0. The maximum Gasteiger partial charge on any atom is 0.176 e. The molecule has 0 aliphatic carbocycles. The van der Waals surface area contributed by atoms with Gasteiger partial charge in [-0.05, 0) is 36.4 Å². The Bertz CT molecular complexity index is 975. The van der Waals surface area contributed by atoms with Crippen LogP contribution in [0.15, 0.2) is 42.5 Å². The van der Waals surface area contributed by atoms with Crippen LogP contribution in [0.3, 0.4) is 0 Å². The second-order valence-electron chi connectivity index (χ2n) is 7.27. The summed E-state index contributed by atoms with van der Waals surface area (Å²) in [5.74, 6) is 2.69. The third-order valence-corrected chi connectivity index (χ3v) is 5.36. The summed E-state index contributed by atoms with van der Waals surface area (Å²) in [4.78, 5) is 25.1. The number of carbonyl (C=O) groups is 1. The van der Waals surface area contributed by atoms with Gasteiger partial charge in [-0.2, -0.15) is 0 Å². The van der Waals surface area contributed by atoms with Crippen molar-refractivity contribution < 1.29 is 14.3 Å². The number of ketones is 1. The lowest BCUT2D eigenvalue weighted by Gasteiger charge is -2.33. The summed E-state index contributed by atoms with van der Waals surface area (Å²) in [5.41, 5.74) is 2.67. The molecule has 0 saturated carbocycles. The molecule has 7 heteroatoms. The number of methoxy groups -OCH3 is 2. The van der Waals surface area contributed by atoms with Gasteiger partial charge in [-0.25, -0.2) is 4.98 Å². The Kier molecular flexibility index (Phi) is 5.78. The van der Waals surface area contributed by atoms with Crippen LogP contribution in [-0.4, -0.2) is 72.5 Å². The minimum absolute atomic E-state index is 0.146. The van der Waals surface area contributed by atoms with Crippen LogP contribution in [0.2, 0.25) is 0 Å². The monoisotopic (exact) mass is 394 g/mol. The second kappa shape index (κ2) is 8.63. The van der Waals surface area contributed by atoms with E-state index in [4.69, 9.17) is 9.47 Å². The quantitative estimate of drug-likeness (QED) is 0.621. The van der Waals surface area contributed by atoms with Crippen molar-refractivity contribution in [3.8, 4) is 11.5 Å². The zero-order chi connectivity index (χ0) is 20.2. The van der Waals surface area contributed by atoms with Gasteiger partial charge in [-0.1, -0.05) is 0 Å². The van der Waals surface area contributed by atoms with Crippen LogP contribution in [0.4, 0.5) is 0 Å². The Morgan fingerprint density at radius 2 is 1.62 bits per heavy atom. The SMILES string of the molecule is COc1ccc(C(=O)CN2CCN(Cc3nc4ccc(OC)cc4[nH]3)CC2)cc1. The first-order valence-electron chi connectivity index (χ1n) is 9.79. The molecule has 2 aromatic carbocycles. The molecule has 4 rings (SSSR count). The number of aromatic amines is 1. The molecule has 7 nitrogen and oxygen atoms in total. The molecule has 1 N–H and O–H groups in total. The Hall–Kier alpha value is -2.90. The van der Waals surface area contributed by atoms with E-state index < -0.39 is 0 Å². The Morgan fingerprint density at radius 3 is 2.31 bits per heavy atom. The summed E-state index contributed by atoms with van der Waals surface area (Å²) in [7, 11) is 3.29. The minimum atomic E-state index is 0.146. The molecule has 1 saturated heterocycles. The number of nitrogens with zero attached hydrogens (tertiary/aromatic N) is 3. The third-order valence-electron chi connectivity index (χ3n) is 5.36. The van der Waals surface area contributed by atoms with Crippen molar-refractivity contribution >= 4 is 16.8 Å². The van der Waals surface area contributed by atoms with Crippen LogP contribution < -0.4 is 9.47 Å². The molecule has 0 atom stereocenters. The van der Waals surface area contributed by atoms with Gasteiger partial charge >= 0.3 is 0 Å². The van der Waals surface area contributed by atoms with Gasteiger partial charge in [0, 0.05) is 37.8 Å². The second-order valence-corrected chi connectivity index (χ2v) is 7.27. The number of piperazine rings is 1. The summed E-state index contributed by atoms with van der Waals surface area (Å²) < 4.78 is 10.4. The molecule has 152 valence electrons. The maximum atomic E-state index is 12.5. The molecule has 0 spiro atoms. The van der Waals surface area contributed by atoms with Gasteiger partial charge in [-0.3, -0.25) is 14.6 Å². The van der Waals surface area contributed by atoms with E-state index in [0.717, 1.165) is 66.6 Å². The molecule has 0 bridgehead atoms. The molecule has 0 amide bonds. The first kappa shape index (κ1) is 19.4. The van der Waals surface area contributed by atoms with Gasteiger partial charge < -0.3 is 14.5 Å². The predicted molar refractivity (Wildman–Crippen MR) is 112 cm³/mol. The fraction of sp³-hybridized carbons (Fsp3) is 0.364. The molecular weight excluding hydrogens is 368 g/mol. The molecule has 1 fully saturated rings. The Labute approximate surface area is 170 Å². The molecule has 29 heavy (non-hydrogen) atoms. The van der Waals surface area contributed by atoms with Crippen molar-refractivity contribution in [1.82, 2.24) is 19.8 Å². The van der Waals surface area contributed by atoms with Crippen molar-refractivity contribution in [3.05, 3.63) is 53.9 Å². The van der Waals surface area contributed by atoms with Gasteiger partial charge in [0.15, 0.2) is 5.78 Å². The van der Waals surface area contributed by atoms with E-state index in [9.17, 15) is 4.79 Å². The van der Waals surface area contributed by atoms with E-state index in [-0.39, 0.29) is 5.78 Å². The van der Waals surface area contributed by atoms with Gasteiger partial charge in [0.2, 0.25) is 0 Å². The summed E-state index contributed by atoms with van der Waals surface area (Å²) in [6.45, 7) is 4.79. The highest BCUT2D eigenvalue weighted by Gasteiger charge is 2.20. The van der Waals surface area contributed by atoms with Gasteiger partial charge in [0.1, 0.15) is 17.3 Å². The number of rotatable bonds is 7. The summed E-state index contributed by atoms with van der Waals surface area (Å²) in [6, 6.07) is 13.2. The zero-order valence-electron chi connectivity index (χ0n) is 16.9. The average Bonchev–Trinajstić information content (AvgIpc) is 3.16. The number of nitrogens with one attached hydrogen (secondary N) is 1.